The summed E-state index contributed by atoms with van der Waals surface area (Å²) in [6.07, 6.45) is -1.22. The summed E-state index contributed by atoms with van der Waals surface area (Å²) in [7, 11) is 0. The van der Waals surface area contributed by atoms with E-state index in [1.807, 2.05) is 0 Å². The Morgan fingerprint density at radius 1 is 1.07 bits per heavy atom. The quantitative estimate of drug-likeness (QED) is 0.556. The minimum atomic E-state index is -1.22. The fraction of sp³-hybridized carbons (Fsp3) is 0.200. The Kier molecular flexibility index (Phi) is 3.55. The van der Waals surface area contributed by atoms with E-state index in [1.165, 1.54) is 16.7 Å². The lowest BCUT2D eigenvalue weighted by atomic mass is 10.0. The number of rotatable bonds is 3. The highest BCUT2D eigenvalue weighted by Gasteiger charge is 2.35. The van der Waals surface area contributed by atoms with Gasteiger partial charge in [-0.1, -0.05) is 6.07 Å². The Labute approximate surface area is 157 Å². The van der Waals surface area contributed by atoms with Crippen molar-refractivity contribution in [3.8, 4) is 22.8 Å². The van der Waals surface area contributed by atoms with Crippen molar-refractivity contribution in [1.29, 1.82) is 0 Å². The Bertz CT molecular complexity index is 1230. The predicted octanol–water partition coefficient (Wildman–Crippen LogP) is 1.43. The zero-order valence-corrected chi connectivity index (χ0v) is 14.4. The Morgan fingerprint density at radius 3 is 2.50 bits per heavy atom. The van der Waals surface area contributed by atoms with Crippen molar-refractivity contribution < 1.29 is 28.9 Å². The van der Waals surface area contributed by atoms with Gasteiger partial charge in [-0.25, -0.2) is 4.39 Å². The lowest BCUT2D eigenvalue weighted by Crippen LogP contribution is -2.30. The third-order valence-electron chi connectivity index (χ3n) is 5.08. The second-order valence-corrected chi connectivity index (χ2v) is 6.75. The highest BCUT2D eigenvalue weighted by molar-refractivity contribution is 6.27. The number of ketones is 1. The van der Waals surface area contributed by atoms with E-state index in [9.17, 15) is 24.2 Å². The predicted molar refractivity (Wildman–Crippen MR) is 96.3 cm³/mol. The van der Waals surface area contributed by atoms with E-state index in [1.54, 1.807) is 12.1 Å². The molecule has 7 nitrogen and oxygen atoms in total. The van der Waals surface area contributed by atoms with Gasteiger partial charge >= 0.3 is 0 Å². The molecule has 2 aliphatic rings. The molecule has 1 aliphatic carbocycles. The number of halogens is 1. The number of benzene rings is 2. The molecular formula is C20H14FNO6. The summed E-state index contributed by atoms with van der Waals surface area (Å²) in [6, 6.07) is 6.85. The van der Waals surface area contributed by atoms with Gasteiger partial charge in [-0.3, -0.25) is 9.59 Å². The van der Waals surface area contributed by atoms with E-state index in [4.69, 9.17) is 9.47 Å². The van der Waals surface area contributed by atoms with Crippen LogP contribution in [0.2, 0.25) is 0 Å². The second kappa shape index (κ2) is 5.88. The van der Waals surface area contributed by atoms with E-state index in [2.05, 4.69) is 0 Å². The molecule has 0 unspecified atom stereocenters. The molecule has 1 aliphatic heterocycles. The van der Waals surface area contributed by atoms with Crippen LogP contribution in [0.15, 0.2) is 35.1 Å². The minimum Gasteiger partial charge on any atom is -0.454 e. The molecule has 2 aromatic carbocycles. The normalized spacial score (nSPS) is 15.0. The van der Waals surface area contributed by atoms with Gasteiger partial charge in [0.1, 0.15) is 5.82 Å². The lowest BCUT2D eigenvalue weighted by molar-refractivity contribution is 0.0808. The van der Waals surface area contributed by atoms with E-state index in [-0.39, 0.29) is 30.1 Å². The molecule has 0 saturated carbocycles. The Morgan fingerprint density at radius 2 is 1.79 bits per heavy atom. The lowest BCUT2D eigenvalue weighted by Gasteiger charge is -2.17. The van der Waals surface area contributed by atoms with Crippen molar-refractivity contribution in [3.05, 3.63) is 57.6 Å². The number of carbonyl (C=O) groups excluding carboxylic acids is 1. The molecule has 0 amide bonds. The number of aliphatic hydroxyl groups excluding tert-OH is 2. The smallest absolute Gasteiger partial charge is 0.259 e. The molecule has 28 heavy (non-hydrogen) atoms. The molecule has 5 rings (SSSR count). The summed E-state index contributed by atoms with van der Waals surface area (Å²) in [5.41, 5.74) is 0.813. The van der Waals surface area contributed by atoms with Crippen LogP contribution in [-0.4, -0.2) is 40.1 Å². The van der Waals surface area contributed by atoms with Gasteiger partial charge in [0.05, 0.1) is 35.9 Å². The average molecular weight is 383 g/mol. The first kappa shape index (κ1) is 16.9. The molecule has 1 aromatic heterocycles. The summed E-state index contributed by atoms with van der Waals surface area (Å²) in [5.74, 6) is -0.0606. The topological polar surface area (TPSA) is 98.0 Å². The molecule has 1 atom stereocenters. The van der Waals surface area contributed by atoms with E-state index >= 15 is 0 Å². The number of aromatic nitrogens is 1. The van der Waals surface area contributed by atoms with Crippen LogP contribution in [-0.2, 0) is 6.54 Å². The molecule has 0 radical (unpaired) electrons. The van der Waals surface area contributed by atoms with E-state index in [0.29, 0.717) is 33.7 Å². The van der Waals surface area contributed by atoms with E-state index < -0.39 is 24.1 Å². The first-order valence-electron chi connectivity index (χ1n) is 8.63. The Balaban J connectivity index is 1.90. The molecule has 0 bridgehead atoms. The van der Waals surface area contributed by atoms with Crippen LogP contribution in [0.25, 0.3) is 22.0 Å². The fourth-order valence-electron chi connectivity index (χ4n) is 3.83. The summed E-state index contributed by atoms with van der Waals surface area (Å²) >= 11 is 0. The van der Waals surface area contributed by atoms with Crippen LogP contribution in [0, 0.1) is 5.82 Å². The number of ether oxygens (including phenoxy) is 2. The van der Waals surface area contributed by atoms with Gasteiger partial charge in [0, 0.05) is 16.5 Å². The maximum Gasteiger partial charge on any atom is 0.259 e. The van der Waals surface area contributed by atoms with Crippen molar-refractivity contribution in [2.45, 2.75) is 12.6 Å². The zero-order chi connectivity index (χ0) is 19.6. The van der Waals surface area contributed by atoms with Crippen LogP contribution in [0.4, 0.5) is 4.39 Å². The number of pyridine rings is 1. The highest BCUT2D eigenvalue weighted by Crippen LogP contribution is 2.45. The summed E-state index contributed by atoms with van der Waals surface area (Å²) in [5, 5.41) is 19.6. The molecule has 0 spiro atoms. The summed E-state index contributed by atoms with van der Waals surface area (Å²) in [4.78, 5) is 26.3. The van der Waals surface area contributed by atoms with Gasteiger partial charge in [0.2, 0.25) is 6.79 Å². The van der Waals surface area contributed by atoms with Gasteiger partial charge < -0.3 is 24.3 Å². The molecular weight excluding hydrogens is 369 g/mol. The molecule has 0 saturated heterocycles. The maximum absolute atomic E-state index is 13.8. The number of hydrogen-bond donors (Lipinski definition) is 2. The van der Waals surface area contributed by atoms with Crippen molar-refractivity contribution in [2.24, 2.45) is 0 Å². The van der Waals surface area contributed by atoms with Crippen molar-refractivity contribution in [2.75, 3.05) is 13.4 Å². The minimum absolute atomic E-state index is 0.0325. The van der Waals surface area contributed by atoms with Crippen LogP contribution in [0.1, 0.15) is 15.9 Å². The van der Waals surface area contributed by atoms with Gasteiger partial charge in [-0.15, -0.1) is 0 Å². The monoisotopic (exact) mass is 383 g/mol. The standard InChI is InChI=1S/C20H14FNO6/c21-9-1-2-11-14(3-9)20(26)22(6-10(24)7-23)18-12-4-15-16(28-8-27-15)5-13(12)19(25)17(11)18/h1-5,10,23-24H,6-8H2/t10-/m0/s1. The van der Waals surface area contributed by atoms with Crippen molar-refractivity contribution in [3.63, 3.8) is 0 Å². The zero-order valence-electron chi connectivity index (χ0n) is 14.4. The number of aliphatic hydroxyl groups is 2. The Hall–Kier alpha value is -3.23. The highest BCUT2D eigenvalue weighted by atomic mass is 19.1. The number of carbonyl (C=O) groups is 1. The van der Waals surface area contributed by atoms with Gasteiger partial charge in [-0.05, 0) is 24.3 Å². The first-order chi connectivity index (χ1) is 13.5. The van der Waals surface area contributed by atoms with Crippen molar-refractivity contribution >= 4 is 16.6 Å². The molecule has 142 valence electrons. The second-order valence-electron chi connectivity index (χ2n) is 6.75. The molecule has 2 N–H and O–H groups in total. The van der Waals surface area contributed by atoms with Crippen LogP contribution >= 0.6 is 0 Å². The van der Waals surface area contributed by atoms with Gasteiger partial charge in [-0.2, -0.15) is 0 Å². The fourth-order valence-corrected chi connectivity index (χ4v) is 3.83. The van der Waals surface area contributed by atoms with E-state index in [0.717, 1.165) is 6.07 Å². The van der Waals surface area contributed by atoms with Gasteiger partial charge in [0.15, 0.2) is 17.3 Å². The molecule has 2 heterocycles. The number of nitrogens with zero attached hydrogens (tertiary/aromatic N) is 1. The number of fused-ring (bicyclic) bond motifs is 6. The van der Waals surface area contributed by atoms with Crippen LogP contribution in [0.5, 0.6) is 11.5 Å². The third kappa shape index (κ3) is 2.22. The number of hydrogen-bond acceptors (Lipinski definition) is 6. The molecule has 8 heteroatoms. The average Bonchev–Trinajstić information content (AvgIpc) is 3.26. The SMILES string of the molecule is O=C1c2cc3c(cc2-c2c1c1ccc(F)cc1c(=O)n2C[C@H](O)CO)OCO3. The largest absolute Gasteiger partial charge is 0.454 e. The van der Waals surface area contributed by atoms with Crippen LogP contribution < -0.4 is 15.0 Å². The molecule has 3 aromatic rings. The van der Waals surface area contributed by atoms with Crippen LogP contribution in [0.3, 0.4) is 0 Å². The maximum atomic E-state index is 13.8. The molecule has 0 fully saturated rings. The third-order valence-corrected chi connectivity index (χ3v) is 5.08. The summed E-state index contributed by atoms with van der Waals surface area (Å²) in [6.45, 7) is -0.776. The van der Waals surface area contributed by atoms with Crippen molar-refractivity contribution in [1.82, 2.24) is 4.57 Å². The summed E-state index contributed by atoms with van der Waals surface area (Å²) < 4.78 is 25.7. The first-order valence-corrected chi connectivity index (χ1v) is 8.63. The van der Waals surface area contributed by atoms with Gasteiger partial charge in [0.25, 0.3) is 5.56 Å².